The third kappa shape index (κ3) is 3.84. The molecule has 10 nitrogen and oxygen atoms in total. The molecule has 0 bridgehead atoms. The third-order valence-corrected chi connectivity index (χ3v) is 5.87. The summed E-state index contributed by atoms with van der Waals surface area (Å²) < 4.78 is 10.4. The van der Waals surface area contributed by atoms with Crippen LogP contribution in [0.3, 0.4) is 0 Å². The number of hydrogen-bond acceptors (Lipinski definition) is 7. The highest BCUT2D eigenvalue weighted by Gasteiger charge is 2.51. The van der Waals surface area contributed by atoms with E-state index in [4.69, 9.17) is 9.47 Å². The number of aliphatic hydroxyl groups is 2. The zero-order valence-corrected chi connectivity index (χ0v) is 16.0. The van der Waals surface area contributed by atoms with Gasteiger partial charge in [0.2, 0.25) is 0 Å². The molecule has 3 rings (SSSR count). The number of ether oxygens (including phenoxy) is 2. The Kier molecular flexibility index (Phi) is 7.51. The van der Waals surface area contributed by atoms with Gasteiger partial charge < -0.3 is 40.5 Å². The van der Waals surface area contributed by atoms with Crippen LogP contribution in [0.15, 0.2) is 23.3 Å². The largest absolute Gasteiger partial charge is 0.632 e. The van der Waals surface area contributed by atoms with Crippen LogP contribution >= 0.6 is 0 Å². The minimum atomic E-state index is -2.13. The molecule has 0 saturated carbocycles. The molecule has 160 valence electrons. The van der Waals surface area contributed by atoms with Gasteiger partial charge in [0, 0.05) is 23.5 Å². The predicted octanol–water partition coefficient (Wildman–Crippen LogP) is -1.47. The Bertz CT molecular complexity index is 676. The molecular weight excluding hydrogens is 374 g/mol. The van der Waals surface area contributed by atoms with E-state index in [0.717, 1.165) is 0 Å². The second-order valence-electron chi connectivity index (χ2n) is 7.39. The molecule has 2 fully saturated rings. The van der Waals surface area contributed by atoms with Gasteiger partial charge in [-0.15, -0.1) is 0 Å². The Morgan fingerprint density at radius 1 is 1.39 bits per heavy atom. The number of esters is 2. The minimum absolute atomic E-state index is 0. The first kappa shape index (κ1) is 24.2. The molecule has 0 amide bonds. The molecule has 0 aromatic carbocycles. The summed E-state index contributed by atoms with van der Waals surface area (Å²) in [7, 11) is 0. The number of carbonyl (C=O) groups excluding carboxylic acids is 2. The monoisotopic (exact) mass is 403 g/mol. The summed E-state index contributed by atoms with van der Waals surface area (Å²) in [6.07, 6.45) is 3.22. The van der Waals surface area contributed by atoms with Gasteiger partial charge >= 0.3 is 11.9 Å². The Morgan fingerprint density at radius 3 is 2.68 bits per heavy atom. The molecule has 0 aromatic rings. The van der Waals surface area contributed by atoms with Crippen molar-refractivity contribution < 1.29 is 44.9 Å². The first-order valence-corrected chi connectivity index (χ1v) is 8.88. The van der Waals surface area contributed by atoms with Crippen LogP contribution in [-0.2, 0) is 19.1 Å². The SMILES string of the molecule is C/C=C1/CC(C)C(O)(CO)C(=O)OCC2=CC[N+]3([O-])CC[C@@H](OC1=O)[C@@H]23.O.O. The van der Waals surface area contributed by atoms with Crippen molar-refractivity contribution in [2.24, 2.45) is 5.92 Å². The first-order valence-electron chi connectivity index (χ1n) is 8.88. The standard InChI is InChI=1S/C18H25NO7.2H2O/c1-3-12-8-11(2)18(23,10-20)17(22)25-9-13-4-6-19(24)7-5-14(15(13)19)26-16(12)21;;/h3-4,11,14-15,20,23H,5-10H2,1-2H3;2*1H2/b12-3-;;/t11?,14-,15-,18?,19?;;/m1../s1. The normalized spacial score (nSPS) is 39.4. The fourth-order valence-electron chi connectivity index (χ4n) is 4.08. The summed E-state index contributed by atoms with van der Waals surface area (Å²) in [6.45, 7) is 2.81. The van der Waals surface area contributed by atoms with E-state index in [1.54, 1.807) is 26.0 Å². The van der Waals surface area contributed by atoms with Gasteiger partial charge in [-0.1, -0.05) is 13.0 Å². The quantitative estimate of drug-likeness (QED) is 0.176. The molecule has 0 aromatic heterocycles. The van der Waals surface area contributed by atoms with Crippen LogP contribution in [0.25, 0.3) is 0 Å². The average molecular weight is 403 g/mol. The lowest BCUT2D eigenvalue weighted by molar-refractivity contribution is -0.877. The van der Waals surface area contributed by atoms with Gasteiger partial charge in [-0.05, 0) is 19.4 Å². The fraction of sp³-hybridized carbons (Fsp3) is 0.667. The molecule has 3 aliphatic rings. The highest BCUT2D eigenvalue weighted by atomic mass is 16.6. The van der Waals surface area contributed by atoms with Crippen molar-refractivity contribution in [1.29, 1.82) is 0 Å². The van der Waals surface area contributed by atoms with Gasteiger partial charge in [0.05, 0.1) is 19.7 Å². The van der Waals surface area contributed by atoms with Crippen molar-refractivity contribution in [3.63, 3.8) is 0 Å². The highest BCUT2D eigenvalue weighted by molar-refractivity contribution is 5.89. The molecule has 0 aliphatic carbocycles. The summed E-state index contributed by atoms with van der Waals surface area (Å²) >= 11 is 0. The molecule has 6 N–H and O–H groups in total. The number of allylic oxidation sites excluding steroid dienone is 1. The Hall–Kier alpha value is -1.82. The maximum absolute atomic E-state index is 12.9. The van der Waals surface area contributed by atoms with Crippen molar-refractivity contribution in [2.45, 2.75) is 44.4 Å². The molecule has 3 unspecified atom stereocenters. The van der Waals surface area contributed by atoms with Gasteiger partial charge in [0.15, 0.2) is 17.7 Å². The molecule has 5 atom stereocenters. The van der Waals surface area contributed by atoms with Gasteiger partial charge in [0.1, 0.15) is 6.61 Å². The number of nitrogens with zero attached hydrogens (tertiary/aromatic N) is 1. The first-order chi connectivity index (χ1) is 12.2. The van der Waals surface area contributed by atoms with E-state index in [9.17, 15) is 25.0 Å². The van der Waals surface area contributed by atoms with Crippen molar-refractivity contribution in [3.8, 4) is 0 Å². The number of hydroxylamine groups is 3. The van der Waals surface area contributed by atoms with Crippen LogP contribution in [-0.4, -0.2) is 81.8 Å². The van der Waals surface area contributed by atoms with Crippen LogP contribution in [0.1, 0.15) is 26.7 Å². The van der Waals surface area contributed by atoms with Gasteiger partial charge in [0.25, 0.3) is 0 Å². The van der Waals surface area contributed by atoms with E-state index < -0.39 is 46.9 Å². The summed E-state index contributed by atoms with van der Waals surface area (Å²) in [4.78, 5) is 25.0. The van der Waals surface area contributed by atoms with E-state index in [-0.39, 0.29) is 36.1 Å². The van der Waals surface area contributed by atoms with Crippen LogP contribution in [0, 0.1) is 11.1 Å². The van der Waals surface area contributed by atoms with E-state index in [0.29, 0.717) is 18.5 Å². The van der Waals surface area contributed by atoms with Crippen LogP contribution < -0.4 is 0 Å². The van der Waals surface area contributed by atoms with E-state index in [1.807, 2.05) is 0 Å². The van der Waals surface area contributed by atoms with Crippen LogP contribution in [0.2, 0.25) is 0 Å². The number of carbonyl (C=O) groups is 2. The van der Waals surface area contributed by atoms with E-state index >= 15 is 0 Å². The summed E-state index contributed by atoms with van der Waals surface area (Å²) in [5.41, 5.74) is -1.25. The van der Waals surface area contributed by atoms with Gasteiger partial charge in [-0.2, -0.15) is 0 Å². The second kappa shape index (κ2) is 8.68. The molecule has 0 radical (unpaired) electrons. The van der Waals surface area contributed by atoms with Crippen molar-refractivity contribution in [1.82, 2.24) is 0 Å². The maximum atomic E-state index is 12.9. The molecule has 0 spiro atoms. The highest BCUT2D eigenvalue weighted by Crippen LogP contribution is 2.39. The molecule has 10 heteroatoms. The molecule has 2 saturated heterocycles. The number of cyclic esters (lactones) is 1. The second-order valence-corrected chi connectivity index (χ2v) is 7.39. The maximum Gasteiger partial charge on any atom is 0.341 e. The summed E-state index contributed by atoms with van der Waals surface area (Å²) in [6, 6.07) is -0.594. The fourth-order valence-corrected chi connectivity index (χ4v) is 4.08. The predicted molar refractivity (Wildman–Crippen MR) is 97.5 cm³/mol. The minimum Gasteiger partial charge on any atom is -0.632 e. The smallest absolute Gasteiger partial charge is 0.341 e. The molecular formula is C18H29NO9. The molecule has 3 aliphatic heterocycles. The van der Waals surface area contributed by atoms with E-state index in [2.05, 4.69) is 0 Å². The lowest BCUT2D eigenvalue weighted by Gasteiger charge is -2.41. The van der Waals surface area contributed by atoms with Crippen molar-refractivity contribution >= 4 is 11.9 Å². The summed E-state index contributed by atoms with van der Waals surface area (Å²) in [5.74, 6) is -2.27. The third-order valence-electron chi connectivity index (χ3n) is 5.87. The molecule has 28 heavy (non-hydrogen) atoms. The molecule has 3 heterocycles. The average Bonchev–Trinajstić information content (AvgIpc) is 3.11. The zero-order valence-electron chi connectivity index (χ0n) is 16.0. The zero-order chi connectivity index (χ0) is 19.1. The van der Waals surface area contributed by atoms with Crippen LogP contribution in [0.5, 0.6) is 0 Å². The Morgan fingerprint density at radius 2 is 2.07 bits per heavy atom. The van der Waals surface area contributed by atoms with E-state index in [1.165, 1.54) is 0 Å². The lowest BCUT2D eigenvalue weighted by atomic mass is 9.84. The van der Waals surface area contributed by atoms with Gasteiger partial charge in [-0.3, -0.25) is 0 Å². The number of quaternary nitrogens is 1. The van der Waals surface area contributed by atoms with Crippen molar-refractivity contribution in [3.05, 3.63) is 28.5 Å². The number of rotatable bonds is 1. The number of aliphatic hydroxyl groups excluding tert-OH is 1. The Labute approximate surface area is 162 Å². The Balaban J connectivity index is 0.00000196. The van der Waals surface area contributed by atoms with Crippen molar-refractivity contribution in [2.75, 3.05) is 26.3 Å². The topological polar surface area (TPSA) is 179 Å². The number of hydrogen-bond donors (Lipinski definition) is 2. The van der Waals surface area contributed by atoms with Gasteiger partial charge in [-0.25, -0.2) is 9.59 Å². The summed E-state index contributed by atoms with van der Waals surface area (Å²) in [5, 5.41) is 33.1. The van der Waals surface area contributed by atoms with Crippen LogP contribution in [0.4, 0.5) is 0 Å². The lowest BCUT2D eigenvalue weighted by Crippen LogP contribution is -2.51.